The van der Waals surface area contributed by atoms with Crippen molar-refractivity contribution in [2.75, 3.05) is 32.8 Å². The monoisotopic (exact) mass is 472 g/mol. The van der Waals surface area contributed by atoms with Crippen molar-refractivity contribution in [3.8, 4) is 5.75 Å². The van der Waals surface area contributed by atoms with Gasteiger partial charge in [-0.05, 0) is 41.6 Å². The number of morpholine rings is 1. The van der Waals surface area contributed by atoms with Crippen molar-refractivity contribution in [2.24, 2.45) is 0 Å². The van der Waals surface area contributed by atoms with Crippen molar-refractivity contribution in [2.45, 2.75) is 6.61 Å². The number of amides is 3. The van der Waals surface area contributed by atoms with E-state index in [0.717, 1.165) is 22.2 Å². The SMILES string of the molecule is O=C(CN1C(=O)S/C(=C\c2ccccc2OCc2ccc(Cl)cc2)C1=O)N1CCOCC1. The van der Waals surface area contributed by atoms with E-state index in [2.05, 4.69) is 0 Å². The molecular weight excluding hydrogens is 452 g/mol. The molecule has 9 heteroatoms. The first kappa shape index (κ1) is 22.4. The Kier molecular flexibility index (Phi) is 7.14. The first-order valence-electron chi connectivity index (χ1n) is 10.1. The van der Waals surface area contributed by atoms with Crippen LogP contribution in [0, 0.1) is 0 Å². The molecule has 2 aliphatic rings. The molecule has 0 spiro atoms. The molecule has 2 aromatic rings. The number of hydrogen-bond acceptors (Lipinski definition) is 6. The Bertz CT molecular complexity index is 1050. The van der Waals surface area contributed by atoms with Gasteiger partial charge in [0, 0.05) is 23.7 Å². The van der Waals surface area contributed by atoms with Gasteiger partial charge in [0.05, 0.1) is 18.1 Å². The fourth-order valence-electron chi connectivity index (χ4n) is 3.30. The van der Waals surface area contributed by atoms with Crippen molar-refractivity contribution in [1.82, 2.24) is 9.80 Å². The highest BCUT2D eigenvalue weighted by molar-refractivity contribution is 8.18. The molecular formula is C23H21ClN2O5S. The van der Waals surface area contributed by atoms with Gasteiger partial charge in [-0.25, -0.2) is 0 Å². The van der Waals surface area contributed by atoms with Crippen LogP contribution in [0.5, 0.6) is 5.75 Å². The number of para-hydroxylation sites is 1. The molecule has 32 heavy (non-hydrogen) atoms. The number of rotatable bonds is 6. The molecule has 0 aromatic heterocycles. The van der Waals surface area contributed by atoms with Crippen LogP contribution in [-0.4, -0.2) is 59.7 Å². The maximum absolute atomic E-state index is 12.8. The van der Waals surface area contributed by atoms with Crippen LogP contribution in [0.2, 0.25) is 5.02 Å². The highest BCUT2D eigenvalue weighted by atomic mass is 35.5. The van der Waals surface area contributed by atoms with Gasteiger partial charge in [-0.3, -0.25) is 19.3 Å². The summed E-state index contributed by atoms with van der Waals surface area (Å²) >= 11 is 6.74. The van der Waals surface area contributed by atoms with Gasteiger partial charge >= 0.3 is 0 Å². The van der Waals surface area contributed by atoms with Gasteiger partial charge in [0.2, 0.25) is 5.91 Å². The topological polar surface area (TPSA) is 76.2 Å². The molecule has 2 aromatic carbocycles. The Labute approximate surface area is 194 Å². The van der Waals surface area contributed by atoms with Crippen molar-refractivity contribution < 1.29 is 23.9 Å². The fraction of sp³-hybridized carbons (Fsp3) is 0.261. The smallest absolute Gasteiger partial charge is 0.294 e. The summed E-state index contributed by atoms with van der Waals surface area (Å²) in [5.74, 6) is -0.156. The molecule has 0 saturated carbocycles. The quantitative estimate of drug-likeness (QED) is 0.595. The number of thioether (sulfide) groups is 1. The molecule has 0 radical (unpaired) electrons. The van der Waals surface area contributed by atoms with Gasteiger partial charge in [0.15, 0.2) is 0 Å². The van der Waals surface area contributed by atoms with Crippen LogP contribution in [0.15, 0.2) is 53.4 Å². The Morgan fingerprint density at radius 3 is 2.56 bits per heavy atom. The lowest BCUT2D eigenvalue weighted by Gasteiger charge is -2.28. The lowest BCUT2D eigenvalue weighted by atomic mass is 10.1. The summed E-state index contributed by atoms with van der Waals surface area (Å²) < 4.78 is 11.2. The number of halogens is 1. The third kappa shape index (κ3) is 5.32. The molecule has 0 bridgehead atoms. The third-order valence-corrected chi connectivity index (χ3v) is 6.20. The Morgan fingerprint density at radius 1 is 1.09 bits per heavy atom. The lowest BCUT2D eigenvalue weighted by Crippen LogP contribution is -2.46. The zero-order valence-corrected chi connectivity index (χ0v) is 18.7. The van der Waals surface area contributed by atoms with E-state index in [1.54, 1.807) is 29.2 Å². The fourth-order valence-corrected chi connectivity index (χ4v) is 4.25. The largest absolute Gasteiger partial charge is 0.488 e. The molecule has 0 unspecified atom stereocenters. The van der Waals surface area contributed by atoms with Gasteiger partial charge in [0.25, 0.3) is 11.1 Å². The van der Waals surface area contributed by atoms with Crippen LogP contribution in [-0.2, 0) is 20.9 Å². The van der Waals surface area contributed by atoms with Crippen LogP contribution in [0.3, 0.4) is 0 Å². The predicted molar refractivity (Wildman–Crippen MR) is 122 cm³/mol. The lowest BCUT2D eigenvalue weighted by molar-refractivity contribution is -0.139. The first-order valence-corrected chi connectivity index (χ1v) is 11.3. The molecule has 4 rings (SSSR count). The Hall–Kier alpha value is -2.81. The second-order valence-electron chi connectivity index (χ2n) is 7.21. The maximum Gasteiger partial charge on any atom is 0.294 e. The van der Waals surface area contributed by atoms with Gasteiger partial charge in [-0.1, -0.05) is 41.9 Å². The normalized spacial score (nSPS) is 17.8. The van der Waals surface area contributed by atoms with Gasteiger partial charge in [-0.2, -0.15) is 0 Å². The van der Waals surface area contributed by atoms with Crippen LogP contribution < -0.4 is 4.74 Å². The summed E-state index contributed by atoms with van der Waals surface area (Å²) in [5, 5.41) is 0.194. The van der Waals surface area contributed by atoms with Crippen LogP contribution >= 0.6 is 23.4 Å². The molecule has 2 saturated heterocycles. The molecule has 7 nitrogen and oxygen atoms in total. The van der Waals surface area contributed by atoms with E-state index in [0.29, 0.717) is 49.2 Å². The van der Waals surface area contributed by atoms with Crippen LogP contribution in [0.25, 0.3) is 6.08 Å². The van der Waals surface area contributed by atoms with Gasteiger partial charge < -0.3 is 14.4 Å². The summed E-state index contributed by atoms with van der Waals surface area (Å²) in [7, 11) is 0. The second-order valence-corrected chi connectivity index (χ2v) is 8.64. The summed E-state index contributed by atoms with van der Waals surface area (Å²) in [6, 6.07) is 14.6. The highest BCUT2D eigenvalue weighted by Crippen LogP contribution is 2.34. The first-order chi connectivity index (χ1) is 15.5. The average molecular weight is 473 g/mol. The molecule has 2 fully saturated rings. The van der Waals surface area contributed by atoms with Gasteiger partial charge in [0.1, 0.15) is 18.9 Å². The van der Waals surface area contributed by atoms with Crippen molar-refractivity contribution in [3.63, 3.8) is 0 Å². The molecule has 0 atom stereocenters. The van der Waals surface area contributed by atoms with Crippen LogP contribution in [0.4, 0.5) is 4.79 Å². The minimum absolute atomic E-state index is 0.257. The van der Waals surface area contributed by atoms with E-state index in [-0.39, 0.29) is 17.4 Å². The average Bonchev–Trinajstić information content (AvgIpc) is 3.07. The Balaban J connectivity index is 1.45. The summed E-state index contributed by atoms with van der Waals surface area (Å²) in [6.07, 6.45) is 1.63. The number of ether oxygens (including phenoxy) is 2. The molecule has 2 heterocycles. The minimum atomic E-state index is -0.478. The molecule has 3 amide bonds. The van der Waals surface area contributed by atoms with E-state index in [1.807, 2.05) is 30.3 Å². The zero-order chi connectivity index (χ0) is 22.5. The van der Waals surface area contributed by atoms with Crippen molar-refractivity contribution >= 4 is 46.5 Å². The van der Waals surface area contributed by atoms with E-state index in [1.165, 1.54) is 0 Å². The summed E-state index contributed by atoms with van der Waals surface area (Å²) in [6.45, 7) is 1.90. The van der Waals surface area contributed by atoms with E-state index in [4.69, 9.17) is 21.1 Å². The number of hydrogen-bond donors (Lipinski definition) is 0. The molecule has 2 aliphatic heterocycles. The Morgan fingerprint density at radius 2 is 1.81 bits per heavy atom. The second kappa shape index (κ2) is 10.2. The zero-order valence-electron chi connectivity index (χ0n) is 17.2. The summed E-state index contributed by atoms with van der Waals surface area (Å²) in [5.41, 5.74) is 1.62. The number of nitrogens with zero attached hydrogens (tertiary/aromatic N) is 2. The third-order valence-electron chi connectivity index (χ3n) is 5.04. The molecule has 0 aliphatic carbocycles. The van der Waals surface area contributed by atoms with Crippen molar-refractivity contribution in [1.29, 1.82) is 0 Å². The number of benzene rings is 2. The van der Waals surface area contributed by atoms with Crippen LogP contribution in [0.1, 0.15) is 11.1 Å². The highest BCUT2D eigenvalue weighted by Gasteiger charge is 2.37. The summed E-state index contributed by atoms with van der Waals surface area (Å²) in [4.78, 5) is 40.6. The van der Waals surface area contributed by atoms with E-state index >= 15 is 0 Å². The maximum atomic E-state index is 12.8. The minimum Gasteiger partial charge on any atom is -0.488 e. The van der Waals surface area contributed by atoms with E-state index < -0.39 is 11.1 Å². The standard InChI is InChI=1S/C23H21ClN2O5S/c24-18-7-5-16(6-8-18)15-31-19-4-2-1-3-17(19)13-20-22(28)26(23(29)32-20)14-21(27)25-9-11-30-12-10-25/h1-8,13H,9-12,14-15H2/b20-13-. The van der Waals surface area contributed by atoms with Gasteiger partial charge in [-0.15, -0.1) is 0 Å². The predicted octanol–water partition coefficient (Wildman–Crippen LogP) is 3.81. The number of carbonyl (C=O) groups excluding carboxylic acids is 3. The van der Waals surface area contributed by atoms with E-state index in [9.17, 15) is 14.4 Å². The number of carbonyl (C=O) groups is 3. The molecule has 166 valence electrons. The molecule has 0 N–H and O–H groups in total. The number of imide groups is 1. The van der Waals surface area contributed by atoms with Crippen molar-refractivity contribution in [3.05, 3.63) is 69.6 Å².